The summed E-state index contributed by atoms with van der Waals surface area (Å²) in [4.78, 5) is 90.9. The molecule has 0 amide bonds. The second kappa shape index (κ2) is 13.2. The summed E-state index contributed by atoms with van der Waals surface area (Å²) in [5.41, 5.74) is -3.23. The van der Waals surface area contributed by atoms with Crippen molar-refractivity contribution in [3.63, 3.8) is 0 Å². The van der Waals surface area contributed by atoms with Crippen molar-refractivity contribution in [2.75, 3.05) is 0 Å². The van der Waals surface area contributed by atoms with Gasteiger partial charge in [0.15, 0.2) is 0 Å². The molecule has 0 fully saturated rings. The first-order valence-corrected chi connectivity index (χ1v) is 14.4. The number of hydrogen-bond acceptors (Lipinski definition) is 8. The minimum absolute atomic E-state index is 0.115. The second-order valence-electron chi connectivity index (χ2n) is 11.1. The molecule has 6 aromatic carbocycles. The third-order valence-electron chi connectivity index (χ3n) is 8.04. The zero-order valence-electron chi connectivity index (χ0n) is 25.8. The number of aromatic carboxylic acids is 8. The Morgan fingerprint density at radius 1 is 0.269 bits per heavy atom. The largest absolute Gasteiger partial charge is 0.478 e. The van der Waals surface area contributed by atoms with Gasteiger partial charge in [0.05, 0.1) is 44.5 Å². The molecule has 0 aromatic heterocycles. The molecule has 0 saturated heterocycles. The van der Waals surface area contributed by atoms with E-state index in [-0.39, 0.29) is 21.5 Å². The Morgan fingerprint density at radius 3 is 0.731 bits per heavy atom. The number of rotatable bonds is 8. The van der Waals surface area contributed by atoms with Crippen molar-refractivity contribution >= 4 is 90.8 Å². The van der Waals surface area contributed by atoms with Crippen LogP contribution in [0.15, 0.2) is 72.8 Å². The predicted molar refractivity (Wildman–Crippen MR) is 179 cm³/mol. The molecule has 0 unspecified atom stereocenters. The van der Waals surface area contributed by atoms with Gasteiger partial charge >= 0.3 is 47.8 Å². The average Bonchev–Trinajstić information content (AvgIpc) is 3.07. The van der Waals surface area contributed by atoms with Crippen LogP contribution in [0.25, 0.3) is 43.1 Å². The van der Waals surface area contributed by atoms with Crippen LogP contribution < -0.4 is 0 Å². The zero-order chi connectivity index (χ0) is 38.3. The van der Waals surface area contributed by atoms with E-state index in [0.717, 1.165) is 12.1 Å². The molecule has 0 atom stereocenters. The molecule has 52 heavy (non-hydrogen) atoms. The predicted octanol–water partition coefficient (Wildman–Crippen LogP) is 5.57. The van der Waals surface area contributed by atoms with Gasteiger partial charge in [-0.1, -0.05) is 12.1 Å². The fraction of sp³-hybridized carbons (Fsp3) is 0. The fourth-order valence-electron chi connectivity index (χ4n) is 5.77. The molecular formula is C36H20O16. The van der Waals surface area contributed by atoms with Crippen LogP contribution in [0.4, 0.5) is 0 Å². The molecule has 0 bridgehead atoms. The second-order valence-corrected chi connectivity index (χ2v) is 11.1. The van der Waals surface area contributed by atoms with Crippen LogP contribution in [0.5, 0.6) is 0 Å². The minimum Gasteiger partial charge on any atom is -0.478 e. The van der Waals surface area contributed by atoms with E-state index in [4.69, 9.17) is 0 Å². The smallest absolute Gasteiger partial charge is 0.337 e. The third-order valence-corrected chi connectivity index (χ3v) is 8.04. The fourth-order valence-corrected chi connectivity index (χ4v) is 5.77. The lowest BCUT2D eigenvalue weighted by molar-refractivity contribution is 0.0652. The molecule has 0 aliphatic heterocycles. The molecular weight excluding hydrogens is 688 g/mol. The lowest BCUT2D eigenvalue weighted by atomic mass is 9.92. The molecule has 8 N–H and O–H groups in total. The van der Waals surface area contributed by atoms with E-state index >= 15 is 0 Å². The minimum atomic E-state index is -1.44. The van der Waals surface area contributed by atoms with Crippen LogP contribution >= 0.6 is 0 Å². The highest BCUT2D eigenvalue weighted by Gasteiger charge is 2.24. The molecule has 0 radical (unpaired) electrons. The molecule has 0 saturated carbocycles. The van der Waals surface area contributed by atoms with E-state index in [2.05, 4.69) is 0 Å². The Labute approximate surface area is 287 Å². The summed E-state index contributed by atoms with van der Waals surface area (Å²) >= 11 is 0. The molecule has 0 aliphatic rings. The SMILES string of the molecule is O=C(O)c1cc2cc3cc(C(=O)O)c(C(=O)O)cc3cc2cc1C(=O)O.O=C(O)c1ccc2cc3c(C(=O)O)c(C(=O)O)ccc3cc2c1C(=O)O. The van der Waals surface area contributed by atoms with E-state index in [1.165, 1.54) is 60.7 Å². The molecule has 0 aliphatic carbocycles. The summed E-state index contributed by atoms with van der Waals surface area (Å²) in [5, 5.41) is 76.3. The lowest BCUT2D eigenvalue weighted by Crippen LogP contribution is -2.10. The van der Waals surface area contributed by atoms with Crippen LogP contribution in [-0.2, 0) is 0 Å². The van der Waals surface area contributed by atoms with Crippen LogP contribution in [0.1, 0.15) is 82.9 Å². The molecule has 0 spiro atoms. The Balaban J connectivity index is 0.000000201. The van der Waals surface area contributed by atoms with E-state index < -0.39 is 92.3 Å². The quantitative estimate of drug-likeness (QED) is 0.0896. The maximum absolute atomic E-state index is 11.6. The van der Waals surface area contributed by atoms with Gasteiger partial charge in [-0.2, -0.15) is 0 Å². The Morgan fingerprint density at radius 2 is 0.519 bits per heavy atom. The molecule has 6 rings (SSSR count). The summed E-state index contributed by atoms with van der Waals surface area (Å²) in [6, 6.07) is 15.3. The van der Waals surface area contributed by atoms with Crippen LogP contribution in [-0.4, -0.2) is 88.6 Å². The highest BCUT2D eigenvalue weighted by molar-refractivity contribution is 6.18. The Bertz CT molecular complexity index is 2350. The monoisotopic (exact) mass is 708 g/mol. The summed E-state index contributed by atoms with van der Waals surface area (Å²) < 4.78 is 0. The maximum atomic E-state index is 11.6. The van der Waals surface area contributed by atoms with Gasteiger partial charge in [0.25, 0.3) is 0 Å². The van der Waals surface area contributed by atoms with Crippen molar-refractivity contribution in [1.29, 1.82) is 0 Å². The molecule has 16 heteroatoms. The van der Waals surface area contributed by atoms with Gasteiger partial charge in [0.2, 0.25) is 0 Å². The van der Waals surface area contributed by atoms with Gasteiger partial charge in [-0.15, -0.1) is 0 Å². The highest BCUT2D eigenvalue weighted by Crippen LogP contribution is 2.32. The Hall–Kier alpha value is -7.88. The number of fused-ring (bicyclic) bond motifs is 4. The van der Waals surface area contributed by atoms with Crippen LogP contribution in [0, 0.1) is 0 Å². The van der Waals surface area contributed by atoms with Crippen molar-refractivity contribution in [2.24, 2.45) is 0 Å². The molecule has 0 heterocycles. The van der Waals surface area contributed by atoms with E-state index in [1.807, 2.05) is 0 Å². The molecule has 6 aromatic rings. The first-order valence-electron chi connectivity index (χ1n) is 14.4. The van der Waals surface area contributed by atoms with E-state index in [1.54, 1.807) is 0 Å². The summed E-state index contributed by atoms with van der Waals surface area (Å²) in [6.45, 7) is 0. The highest BCUT2D eigenvalue weighted by atomic mass is 16.4. The third kappa shape index (κ3) is 6.32. The lowest BCUT2D eigenvalue weighted by Gasteiger charge is -2.11. The van der Waals surface area contributed by atoms with E-state index in [0.29, 0.717) is 21.5 Å². The molecule has 260 valence electrons. The first-order chi connectivity index (χ1) is 24.4. The van der Waals surface area contributed by atoms with Crippen molar-refractivity contribution < 1.29 is 79.2 Å². The van der Waals surface area contributed by atoms with Crippen LogP contribution in [0.3, 0.4) is 0 Å². The topological polar surface area (TPSA) is 298 Å². The number of hydrogen-bond donors (Lipinski definition) is 8. The number of carboxylic acids is 8. The first kappa shape index (κ1) is 35.4. The summed E-state index contributed by atoms with van der Waals surface area (Å²) in [6.07, 6.45) is 0. The van der Waals surface area contributed by atoms with Crippen molar-refractivity contribution in [2.45, 2.75) is 0 Å². The Kier molecular flexibility index (Phi) is 8.99. The van der Waals surface area contributed by atoms with Gasteiger partial charge in [0.1, 0.15) is 0 Å². The standard InChI is InChI=1S/2C18H10O8/c19-15(20)11-3-7-1-8-4-12(16(21)22)14(18(25)26)6-10(8)2-9(7)5-13(11)17(23)24;19-15(20)9-3-1-7-5-12-8(6-11(7)13(9)17(23)24)2-4-10(16(21)22)14(12)18(25)26/h2*1-6H,(H,19,20)(H,21,22)(H,23,24)(H,25,26). The van der Waals surface area contributed by atoms with Gasteiger partial charge in [-0.05, 0) is 104 Å². The van der Waals surface area contributed by atoms with Gasteiger partial charge in [-0.3, -0.25) is 0 Å². The van der Waals surface area contributed by atoms with Crippen LogP contribution in [0.2, 0.25) is 0 Å². The average molecular weight is 709 g/mol. The molecule has 16 nitrogen and oxygen atoms in total. The summed E-state index contributed by atoms with van der Waals surface area (Å²) in [7, 11) is 0. The zero-order valence-corrected chi connectivity index (χ0v) is 25.8. The van der Waals surface area contributed by atoms with Gasteiger partial charge in [0, 0.05) is 0 Å². The summed E-state index contributed by atoms with van der Waals surface area (Å²) in [5.74, 6) is -11.3. The van der Waals surface area contributed by atoms with Crippen molar-refractivity contribution in [3.8, 4) is 0 Å². The maximum Gasteiger partial charge on any atom is 0.337 e. The number of carboxylic acid groups (broad SMARTS) is 8. The number of benzene rings is 6. The normalized spacial score (nSPS) is 10.8. The number of carbonyl (C=O) groups is 8. The van der Waals surface area contributed by atoms with E-state index in [9.17, 15) is 79.2 Å². The van der Waals surface area contributed by atoms with Crippen molar-refractivity contribution in [1.82, 2.24) is 0 Å². The van der Waals surface area contributed by atoms with Crippen molar-refractivity contribution in [3.05, 3.63) is 117 Å². The van der Waals surface area contributed by atoms with Gasteiger partial charge < -0.3 is 40.9 Å². The van der Waals surface area contributed by atoms with Gasteiger partial charge in [-0.25, -0.2) is 38.4 Å².